The zero-order valence-electron chi connectivity index (χ0n) is 36.9. The Labute approximate surface area is 250 Å². The molecule has 0 saturated carbocycles. The number of para-hydroxylation sites is 1. The molecule has 7 aromatic carbocycles. The minimum Gasteiger partial charge on any atom is -0.456 e. The van der Waals surface area contributed by atoms with E-state index in [-0.39, 0.29) is 5.56 Å². The number of furan rings is 1. The molecular weight excluding hydrogens is 472 g/mol. The van der Waals surface area contributed by atoms with E-state index in [1.807, 2.05) is 0 Å². The minimum atomic E-state index is -0.822. The third-order valence-corrected chi connectivity index (χ3v) is 6.67. The van der Waals surface area contributed by atoms with Crippen LogP contribution in [-0.4, -0.2) is 0 Å². The van der Waals surface area contributed by atoms with Gasteiger partial charge >= 0.3 is 0 Å². The number of hydrogen-bond acceptors (Lipinski definition) is 1. The average molecular weight is 514 g/mol. The lowest BCUT2D eigenvalue weighted by Crippen LogP contribution is -1.90. The fourth-order valence-electron chi connectivity index (χ4n) is 5.06. The third-order valence-electron chi connectivity index (χ3n) is 6.67. The van der Waals surface area contributed by atoms with Crippen molar-refractivity contribution in [2.24, 2.45) is 0 Å². The van der Waals surface area contributed by atoms with Crippen LogP contribution in [0.1, 0.15) is 23.3 Å². The molecule has 1 heterocycles. The van der Waals surface area contributed by atoms with E-state index in [0.717, 1.165) is 0 Å². The van der Waals surface area contributed by atoms with Gasteiger partial charge in [-0.2, -0.15) is 0 Å². The van der Waals surface area contributed by atoms with E-state index in [1.165, 1.54) is 0 Å². The first kappa shape index (κ1) is 10.9. The van der Waals surface area contributed by atoms with Crippen LogP contribution < -0.4 is 0 Å². The number of benzene rings is 7. The van der Waals surface area contributed by atoms with Crippen molar-refractivity contribution in [1.29, 1.82) is 0 Å². The van der Waals surface area contributed by atoms with Crippen molar-refractivity contribution in [3.63, 3.8) is 0 Å². The summed E-state index contributed by atoms with van der Waals surface area (Å²) in [5.74, 6) is 0. The molecule has 0 spiro atoms. The normalized spacial score (nSPS) is 17.7. The third kappa shape index (κ3) is 3.41. The summed E-state index contributed by atoms with van der Waals surface area (Å²) in [6.45, 7) is 0. The van der Waals surface area contributed by atoms with E-state index in [0.29, 0.717) is 27.5 Å². The first-order valence-electron chi connectivity index (χ1n) is 20.5. The van der Waals surface area contributed by atoms with E-state index in [1.54, 1.807) is 42.5 Å². The molecule has 0 N–H and O–H groups in total. The van der Waals surface area contributed by atoms with Crippen molar-refractivity contribution >= 4 is 43.5 Å². The van der Waals surface area contributed by atoms with Gasteiger partial charge in [-0.25, -0.2) is 0 Å². The van der Waals surface area contributed by atoms with Crippen molar-refractivity contribution in [2.45, 2.75) is 0 Å². The monoisotopic (exact) mass is 513 g/mol. The molecule has 0 unspecified atom stereocenters. The molecule has 39 heavy (non-hydrogen) atoms. The van der Waals surface area contributed by atoms with Gasteiger partial charge in [-0.1, -0.05) is 133 Å². The van der Waals surface area contributed by atoms with Crippen LogP contribution in [0, 0.1) is 0 Å². The van der Waals surface area contributed by atoms with E-state index in [2.05, 4.69) is 0 Å². The summed E-state index contributed by atoms with van der Waals surface area (Å²) < 4.78 is 157. The molecule has 0 saturated heterocycles. The van der Waals surface area contributed by atoms with Crippen molar-refractivity contribution in [3.05, 3.63) is 145 Å². The summed E-state index contributed by atoms with van der Waals surface area (Å²) in [5.41, 5.74) is -1.06. The molecule has 0 aliphatic carbocycles. The Morgan fingerprint density at radius 1 is 0.410 bits per heavy atom. The highest BCUT2D eigenvalue weighted by atomic mass is 16.3. The van der Waals surface area contributed by atoms with Crippen LogP contribution >= 0.6 is 0 Å². The molecule has 0 bridgehead atoms. The Hall–Kier alpha value is -5.14. The standard InChI is InChI=1S/C38H24O/c1-2-11-26(12-3-1)36-29-13-4-6-15-31(29)37(32-16-7-5-14-30(32)36)27-23-21-25(22-24-27)28-18-10-20-35-38(28)33-17-8-9-19-34(33)39-35/h1-24H/i1D,2D,3D,4D,5D,6D,7D,11D,12D,13D,14D,15D,16D,21D,22D,23D,24D. The van der Waals surface area contributed by atoms with Gasteiger partial charge in [0, 0.05) is 10.8 Å². The Morgan fingerprint density at radius 3 is 1.56 bits per heavy atom. The molecule has 182 valence electrons. The summed E-state index contributed by atoms with van der Waals surface area (Å²) in [7, 11) is 0. The van der Waals surface area contributed by atoms with Gasteiger partial charge in [0.2, 0.25) is 0 Å². The predicted octanol–water partition coefficient (Wildman–Crippen LogP) is 10.9. The second-order valence-corrected chi connectivity index (χ2v) is 8.78. The van der Waals surface area contributed by atoms with Crippen molar-refractivity contribution in [2.75, 3.05) is 0 Å². The lowest BCUT2D eigenvalue weighted by atomic mass is 9.85. The second kappa shape index (κ2) is 8.72. The predicted molar refractivity (Wildman–Crippen MR) is 165 cm³/mol. The summed E-state index contributed by atoms with van der Waals surface area (Å²) in [5, 5.41) is -0.890. The maximum atomic E-state index is 9.42. The Kier molecular flexibility index (Phi) is 2.44. The van der Waals surface area contributed by atoms with Crippen LogP contribution in [-0.2, 0) is 0 Å². The quantitative estimate of drug-likeness (QED) is 0.214. The van der Waals surface area contributed by atoms with Crippen molar-refractivity contribution < 1.29 is 27.7 Å². The highest BCUT2D eigenvalue weighted by Crippen LogP contribution is 2.44. The average Bonchev–Trinajstić information content (AvgIpc) is 3.57. The van der Waals surface area contributed by atoms with Crippen LogP contribution in [0.4, 0.5) is 0 Å². The van der Waals surface area contributed by atoms with Gasteiger partial charge < -0.3 is 4.42 Å². The molecule has 0 aliphatic rings. The van der Waals surface area contributed by atoms with Gasteiger partial charge in [-0.05, 0) is 67.1 Å². The van der Waals surface area contributed by atoms with Gasteiger partial charge in [0.15, 0.2) is 0 Å². The van der Waals surface area contributed by atoms with Gasteiger partial charge in [0.05, 0.1) is 23.3 Å². The maximum Gasteiger partial charge on any atom is 0.136 e. The SMILES string of the molecule is [2H]c1c([2H])c([2H])c(-c2c3c([2H])c([2H])c([2H])c([2H])c3c(-c3c([2H])c([2H])c(-c4cccc5oc6ccccc6c45)c([2H])c3[2H])c3c([2H])c([2H])c([2H])c([2H])c23)c([2H])c1[2H]. The zero-order chi connectivity index (χ0) is 40.6. The Balaban J connectivity index is 1.65. The van der Waals surface area contributed by atoms with Crippen molar-refractivity contribution in [1.82, 2.24) is 0 Å². The number of hydrogen-bond donors (Lipinski definition) is 0. The highest BCUT2D eigenvalue weighted by Gasteiger charge is 2.17. The number of rotatable bonds is 3. The molecule has 8 rings (SSSR count). The Bertz CT molecular complexity index is 2970. The first-order valence-corrected chi connectivity index (χ1v) is 12.0. The smallest absolute Gasteiger partial charge is 0.136 e. The Morgan fingerprint density at radius 2 is 0.923 bits per heavy atom. The molecule has 1 nitrogen and oxygen atoms in total. The summed E-state index contributed by atoms with van der Waals surface area (Å²) >= 11 is 0. The van der Waals surface area contributed by atoms with Crippen LogP contribution in [0.5, 0.6) is 0 Å². The minimum absolute atomic E-state index is 0.130. The van der Waals surface area contributed by atoms with E-state index >= 15 is 0 Å². The molecule has 0 aliphatic heterocycles. The zero-order valence-corrected chi connectivity index (χ0v) is 19.9. The van der Waals surface area contributed by atoms with Crippen LogP contribution in [0.15, 0.2) is 150 Å². The van der Waals surface area contributed by atoms with Gasteiger partial charge in [0.1, 0.15) is 11.2 Å². The van der Waals surface area contributed by atoms with Gasteiger partial charge in [-0.3, -0.25) is 0 Å². The highest BCUT2D eigenvalue weighted by molar-refractivity contribution is 6.21. The summed E-state index contributed by atoms with van der Waals surface area (Å²) in [6.07, 6.45) is 0. The molecule has 0 amide bonds. The molecule has 8 aromatic rings. The summed E-state index contributed by atoms with van der Waals surface area (Å²) in [6, 6.07) is -1.07. The lowest BCUT2D eigenvalue weighted by molar-refractivity contribution is 0.669. The van der Waals surface area contributed by atoms with Crippen LogP contribution in [0.2, 0.25) is 0 Å². The topological polar surface area (TPSA) is 13.1 Å². The van der Waals surface area contributed by atoms with Crippen LogP contribution in [0.25, 0.3) is 76.9 Å². The van der Waals surface area contributed by atoms with E-state index in [4.69, 9.17) is 22.2 Å². The molecule has 1 aromatic heterocycles. The molecular formula is C38H24O. The fraction of sp³-hybridized carbons (Fsp3) is 0. The first-order chi connectivity index (χ1) is 26.4. The van der Waals surface area contributed by atoms with Crippen molar-refractivity contribution in [3.8, 4) is 33.4 Å². The lowest BCUT2D eigenvalue weighted by Gasteiger charge is -2.18. The number of fused-ring (bicyclic) bond motifs is 5. The molecule has 0 radical (unpaired) electrons. The second-order valence-electron chi connectivity index (χ2n) is 8.78. The van der Waals surface area contributed by atoms with Crippen LogP contribution in [0.3, 0.4) is 0 Å². The van der Waals surface area contributed by atoms with E-state index in [9.17, 15) is 5.48 Å². The maximum absolute atomic E-state index is 9.42. The van der Waals surface area contributed by atoms with Gasteiger partial charge in [0.25, 0.3) is 0 Å². The molecule has 0 atom stereocenters. The van der Waals surface area contributed by atoms with E-state index < -0.39 is 147 Å². The molecule has 0 fully saturated rings. The fourth-order valence-corrected chi connectivity index (χ4v) is 5.06. The molecule has 1 heteroatoms. The summed E-state index contributed by atoms with van der Waals surface area (Å²) in [4.78, 5) is 0. The largest absolute Gasteiger partial charge is 0.456 e. The van der Waals surface area contributed by atoms with Gasteiger partial charge in [-0.15, -0.1) is 0 Å².